The Labute approximate surface area is 122 Å². The Kier molecular flexibility index (Phi) is 10.0. The summed E-state index contributed by atoms with van der Waals surface area (Å²) in [6, 6.07) is 0.333. The van der Waals surface area contributed by atoms with Crippen LogP contribution in [0.25, 0.3) is 0 Å². The van der Waals surface area contributed by atoms with Crippen molar-refractivity contribution in [3.05, 3.63) is 0 Å². The summed E-state index contributed by atoms with van der Waals surface area (Å²) in [5, 5.41) is 5.34. The van der Waals surface area contributed by atoms with Crippen LogP contribution in [0, 0.1) is 5.92 Å². The summed E-state index contributed by atoms with van der Waals surface area (Å²) < 4.78 is 0. The van der Waals surface area contributed by atoms with E-state index in [1.165, 1.54) is 0 Å². The molecule has 0 saturated carbocycles. The summed E-state index contributed by atoms with van der Waals surface area (Å²) in [6.45, 7) is 11.0. The highest BCUT2D eigenvalue weighted by atomic mass is 16.2. The normalized spacial score (nSPS) is 12.6. The smallest absolute Gasteiger partial charge is 0.239 e. The first-order chi connectivity index (χ1) is 9.44. The van der Waals surface area contributed by atoms with Crippen LogP contribution in [0.4, 0.5) is 0 Å². The van der Waals surface area contributed by atoms with Gasteiger partial charge in [0.05, 0.1) is 13.1 Å². The third-order valence-electron chi connectivity index (χ3n) is 3.24. The molecule has 0 bridgehead atoms. The van der Waals surface area contributed by atoms with E-state index in [1.807, 2.05) is 0 Å². The van der Waals surface area contributed by atoms with Crippen LogP contribution in [0.15, 0.2) is 0 Å². The number of rotatable bonds is 10. The van der Waals surface area contributed by atoms with Gasteiger partial charge >= 0.3 is 0 Å². The molecule has 0 fully saturated rings. The van der Waals surface area contributed by atoms with Crippen LogP contribution in [0.3, 0.4) is 0 Å². The number of likely N-dealkylation sites (N-methyl/N-ethyl adjacent to an activating group) is 1. The third kappa shape index (κ3) is 8.12. The first kappa shape index (κ1) is 18.9. The van der Waals surface area contributed by atoms with E-state index in [1.54, 1.807) is 0 Å². The van der Waals surface area contributed by atoms with Crippen molar-refractivity contribution in [2.45, 2.75) is 40.2 Å². The van der Waals surface area contributed by atoms with Crippen molar-refractivity contribution in [1.29, 1.82) is 0 Å². The Balaban J connectivity index is 4.23. The van der Waals surface area contributed by atoms with E-state index in [-0.39, 0.29) is 24.9 Å². The van der Waals surface area contributed by atoms with E-state index in [0.29, 0.717) is 18.5 Å². The molecule has 0 aromatic heterocycles. The molecular formula is C14H30N4O2. The first-order valence-electron chi connectivity index (χ1n) is 7.42. The number of nitrogens with one attached hydrogen (secondary N) is 2. The standard InChI is InChI=1S/C14H30N4O2/c1-5-18(6-2)12(7-11(3)4)9-16-14(20)10-17-13(19)8-15/h11-12H,5-10,15H2,1-4H3,(H,16,20)(H,17,19). The fourth-order valence-corrected chi connectivity index (χ4v) is 2.19. The molecule has 0 aliphatic carbocycles. The summed E-state index contributed by atoms with van der Waals surface area (Å²) in [5.74, 6) is 0.0878. The van der Waals surface area contributed by atoms with Crippen molar-refractivity contribution < 1.29 is 9.59 Å². The van der Waals surface area contributed by atoms with Gasteiger partial charge < -0.3 is 16.4 Å². The summed E-state index contributed by atoms with van der Waals surface area (Å²) in [4.78, 5) is 25.0. The summed E-state index contributed by atoms with van der Waals surface area (Å²) in [5.41, 5.74) is 5.16. The molecule has 0 aliphatic rings. The van der Waals surface area contributed by atoms with Crippen LogP contribution < -0.4 is 16.4 Å². The van der Waals surface area contributed by atoms with Gasteiger partial charge in [-0.25, -0.2) is 0 Å². The minimum absolute atomic E-state index is 0.0112. The average molecular weight is 286 g/mol. The van der Waals surface area contributed by atoms with Gasteiger partial charge in [-0.05, 0) is 25.4 Å². The van der Waals surface area contributed by atoms with Crippen molar-refractivity contribution in [2.75, 3.05) is 32.7 Å². The Morgan fingerprint density at radius 2 is 1.70 bits per heavy atom. The summed E-state index contributed by atoms with van der Waals surface area (Å²) in [6.07, 6.45) is 1.04. The van der Waals surface area contributed by atoms with Gasteiger partial charge in [-0.3, -0.25) is 14.5 Å². The van der Waals surface area contributed by atoms with Crippen LogP contribution >= 0.6 is 0 Å². The van der Waals surface area contributed by atoms with Crippen molar-refractivity contribution in [3.8, 4) is 0 Å². The molecule has 20 heavy (non-hydrogen) atoms. The van der Waals surface area contributed by atoms with E-state index >= 15 is 0 Å². The lowest BCUT2D eigenvalue weighted by atomic mass is 10.0. The van der Waals surface area contributed by atoms with E-state index in [0.717, 1.165) is 19.5 Å². The molecule has 4 N–H and O–H groups in total. The minimum atomic E-state index is -0.317. The second-order valence-corrected chi connectivity index (χ2v) is 5.29. The second-order valence-electron chi connectivity index (χ2n) is 5.29. The van der Waals surface area contributed by atoms with Crippen LogP contribution in [0.1, 0.15) is 34.1 Å². The second kappa shape index (κ2) is 10.6. The molecule has 118 valence electrons. The lowest BCUT2D eigenvalue weighted by Gasteiger charge is -2.31. The van der Waals surface area contributed by atoms with Crippen molar-refractivity contribution in [3.63, 3.8) is 0 Å². The molecule has 0 saturated heterocycles. The maximum absolute atomic E-state index is 11.7. The highest BCUT2D eigenvalue weighted by molar-refractivity contribution is 5.85. The number of hydrogen-bond donors (Lipinski definition) is 3. The zero-order valence-corrected chi connectivity index (χ0v) is 13.2. The van der Waals surface area contributed by atoms with Crippen LogP contribution in [0.2, 0.25) is 0 Å². The van der Waals surface area contributed by atoms with Gasteiger partial charge in [-0.1, -0.05) is 27.7 Å². The lowest BCUT2D eigenvalue weighted by Crippen LogP contribution is -2.47. The monoisotopic (exact) mass is 286 g/mol. The first-order valence-corrected chi connectivity index (χ1v) is 7.42. The van der Waals surface area contributed by atoms with Gasteiger partial charge in [0, 0.05) is 12.6 Å². The van der Waals surface area contributed by atoms with Crippen LogP contribution in [-0.2, 0) is 9.59 Å². The molecule has 2 amide bonds. The molecule has 1 unspecified atom stereocenters. The Bertz CT molecular complexity index is 291. The zero-order chi connectivity index (χ0) is 15.5. The Morgan fingerprint density at radius 3 is 2.15 bits per heavy atom. The number of hydrogen-bond acceptors (Lipinski definition) is 4. The number of carbonyl (C=O) groups excluding carboxylic acids is 2. The molecule has 0 spiro atoms. The Hall–Kier alpha value is -1.14. The third-order valence-corrected chi connectivity index (χ3v) is 3.24. The molecule has 0 radical (unpaired) electrons. The van der Waals surface area contributed by atoms with Gasteiger partial charge in [-0.2, -0.15) is 0 Å². The number of amides is 2. The van der Waals surface area contributed by atoms with Crippen molar-refractivity contribution in [2.24, 2.45) is 11.7 Å². The predicted octanol–water partition coefficient (Wildman–Crippen LogP) is -0.0660. The van der Waals surface area contributed by atoms with E-state index in [2.05, 4.69) is 43.2 Å². The lowest BCUT2D eigenvalue weighted by molar-refractivity contribution is -0.125. The molecular weight excluding hydrogens is 256 g/mol. The minimum Gasteiger partial charge on any atom is -0.353 e. The molecule has 0 aromatic rings. The topological polar surface area (TPSA) is 87.5 Å². The van der Waals surface area contributed by atoms with Gasteiger partial charge in [0.1, 0.15) is 0 Å². The van der Waals surface area contributed by atoms with Crippen molar-refractivity contribution >= 4 is 11.8 Å². The molecule has 0 heterocycles. The Morgan fingerprint density at radius 1 is 1.10 bits per heavy atom. The number of nitrogens with zero attached hydrogens (tertiary/aromatic N) is 1. The SMILES string of the molecule is CCN(CC)C(CNC(=O)CNC(=O)CN)CC(C)C. The van der Waals surface area contributed by atoms with Crippen LogP contribution in [-0.4, -0.2) is 55.5 Å². The van der Waals surface area contributed by atoms with Crippen LogP contribution in [0.5, 0.6) is 0 Å². The van der Waals surface area contributed by atoms with Gasteiger partial charge in [0.2, 0.25) is 11.8 Å². The fraction of sp³-hybridized carbons (Fsp3) is 0.857. The van der Waals surface area contributed by atoms with Crippen molar-refractivity contribution in [1.82, 2.24) is 15.5 Å². The van der Waals surface area contributed by atoms with E-state index in [9.17, 15) is 9.59 Å². The zero-order valence-electron chi connectivity index (χ0n) is 13.2. The largest absolute Gasteiger partial charge is 0.353 e. The maximum Gasteiger partial charge on any atom is 0.239 e. The highest BCUT2D eigenvalue weighted by Gasteiger charge is 2.18. The average Bonchev–Trinajstić information content (AvgIpc) is 2.42. The molecule has 6 nitrogen and oxygen atoms in total. The van der Waals surface area contributed by atoms with Gasteiger partial charge in [0.25, 0.3) is 0 Å². The fourth-order valence-electron chi connectivity index (χ4n) is 2.19. The number of carbonyl (C=O) groups is 2. The van der Waals surface area contributed by atoms with E-state index < -0.39 is 0 Å². The maximum atomic E-state index is 11.7. The highest BCUT2D eigenvalue weighted by Crippen LogP contribution is 2.10. The molecule has 0 aliphatic heterocycles. The van der Waals surface area contributed by atoms with Gasteiger partial charge in [0.15, 0.2) is 0 Å². The number of nitrogens with two attached hydrogens (primary N) is 1. The molecule has 0 aromatic carbocycles. The summed E-state index contributed by atoms with van der Waals surface area (Å²) >= 11 is 0. The van der Waals surface area contributed by atoms with Gasteiger partial charge in [-0.15, -0.1) is 0 Å². The quantitative estimate of drug-likeness (QED) is 0.525. The predicted molar refractivity (Wildman–Crippen MR) is 81.2 cm³/mol. The molecule has 6 heteroatoms. The van der Waals surface area contributed by atoms with E-state index in [4.69, 9.17) is 5.73 Å². The summed E-state index contributed by atoms with van der Waals surface area (Å²) in [7, 11) is 0. The molecule has 1 atom stereocenters. The molecule has 0 rings (SSSR count).